The Labute approximate surface area is 122 Å². The Morgan fingerprint density at radius 3 is 2.74 bits per heavy atom. The predicted molar refractivity (Wildman–Crippen MR) is 77.1 cm³/mol. The molecule has 1 saturated carbocycles. The highest BCUT2D eigenvalue weighted by atomic mass is 35.5. The molecule has 0 bridgehead atoms. The number of hydrogen-bond donors (Lipinski definition) is 0. The summed E-state index contributed by atoms with van der Waals surface area (Å²) >= 11 is 11.8. The molecule has 102 valence electrons. The van der Waals surface area contributed by atoms with Crippen LogP contribution in [0.5, 0.6) is 0 Å². The molecule has 0 spiro atoms. The van der Waals surface area contributed by atoms with Gasteiger partial charge in [-0.25, -0.2) is 0 Å². The van der Waals surface area contributed by atoms with Gasteiger partial charge in [-0.15, -0.1) is 0 Å². The molecule has 3 nitrogen and oxygen atoms in total. The van der Waals surface area contributed by atoms with Crippen molar-refractivity contribution in [3.8, 4) is 0 Å². The number of rotatable bonds is 2. The molecular formula is C14H15Cl2NO2. The molecule has 0 N–H and O–H groups in total. The molecule has 0 amide bonds. The third-order valence-electron chi connectivity index (χ3n) is 3.62. The first kappa shape index (κ1) is 14.4. The number of ketones is 1. The third kappa shape index (κ3) is 2.93. The van der Waals surface area contributed by atoms with Gasteiger partial charge in [0.25, 0.3) is 0 Å². The summed E-state index contributed by atoms with van der Waals surface area (Å²) in [6, 6.07) is 4.91. The highest BCUT2D eigenvalue weighted by Crippen LogP contribution is 2.28. The number of hydroxylamine groups is 1. The van der Waals surface area contributed by atoms with E-state index in [1.807, 2.05) is 0 Å². The lowest BCUT2D eigenvalue weighted by atomic mass is 9.82. The number of halogens is 2. The second kappa shape index (κ2) is 5.51. The molecule has 0 aromatic heterocycles. The van der Waals surface area contributed by atoms with Crippen LogP contribution in [0.1, 0.15) is 38.2 Å². The number of Topliss-reactive ketones (excluding diaryl/α,β-unsaturated/α-hetero) is 1. The zero-order valence-corrected chi connectivity index (χ0v) is 12.2. The molecule has 1 aliphatic rings. The van der Waals surface area contributed by atoms with Crippen LogP contribution >= 0.6 is 23.2 Å². The Hall–Kier alpha value is -1.06. The molecule has 1 atom stereocenters. The average Bonchev–Trinajstić information content (AvgIpc) is 2.36. The molecule has 19 heavy (non-hydrogen) atoms. The fourth-order valence-electron chi connectivity index (χ4n) is 2.27. The summed E-state index contributed by atoms with van der Waals surface area (Å²) in [6.07, 6.45) is 4.18. The average molecular weight is 300 g/mol. The zero-order chi connectivity index (χ0) is 14.0. The van der Waals surface area contributed by atoms with Crippen molar-refractivity contribution >= 4 is 35.2 Å². The molecular weight excluding hydrogens is 285 g/mol. The van der Waals surface area contributed by atoms with Gasteiger partial charge >= 0.3 is 0 Å². The van der Waals surface area contributed by atoms with E-state index in [0.717, 1.165) is 17.6 Å². The summed E-state index contributed by atoms with van der Waals surface area (Å²) < 4.78 is 0.740. The van der Waals surface area contributed by atoms with Gasteiger partial charge in [0.2, 0.25) is 11.3 Å². The summed E-state index contributed by atoms with van der Waals surface area (Å²) in [5, 5.41) is 13.2. The monoisotopic (exact) mass is 299 g/mol. The van der Waals surface area contributed by atoms with Crippen LogP contribution in [0.25, 0.3) is 0 Å². The third-order valence-corrected chi connectivity index (χ3v) is 4.19. The quantitative estimate of drug-likeness (QED) is 0.360. The lowest BCUT2D eigenvalue weighted by molar-refractivity contribution is -0.525. The summed E-state index contributed by atoms with van der Waals surface area (Å²) in [7, 11) is 0. The number of carbonyl (C=O) groups is 1. The van der Waals surface area contributed by atoms with Crippen LogP contribution in [-0.2, 0) is 4.79 Å². The van der Waals surface area contributed by atoms with E-state index in [4.69, 9.17) is 23.2 Å². The van der Waals surface area contributed by atoms with Crippen LogP contribution in [0.4, 0.5) is 0 Å². The SMILES string of the molecule is C[C@@]1(/[N+]([O-])=C/c2ccc(Cl)cc2Cl)CCCCC1=O. The number of nitrogens with zero attached hydrogens (tertiary/aromatic N) is 1. The Bertz CT molecular complexity index is 542. The van der Waals surface area contributed by atoms with Gasteiger partial charge in [0.15, 0.2) is 6.21 Å². The number of carbonyl (C=O) groups excluding carboxylic acids is 1. The summed E-state index contributed by atoms with van der Waals surface area (Å²) in [6.45, 7) is 1.70. The largest absolute Gasteiger partial charge is 0.623 e. The Morgan fingerprint density at radius 1 is 1.37 bits per heavy atom. The first-order chi connectivity index (χ1) is 8.93. The Kier molecular flexibility index (Phi) is 4.16. The van der Waals surface area contributed by atoms with Crippen LogP contribution in [0.3, 0.4) is 0 Å². The van der Waals surface area contributed by atoms with E-state index in [0.29, 0.717) is 28.5 Å². The molecule has 0 radical (unpaired) electrons. The fraction of sp³-hybridized carbons (Fsp3) is 0.429. The molecule has 1 fully saturated rings. The van der Waals surface area contributed by atoms with Gasteiger partial charge < -0.3 is 5.21 Å². The van der Waals surface area contributed by atoms with Crippen molar-refractivity contribution in [2.24, 2.45) is 0 Å². The van der Waals surface area contributed by atoms with Gasteiger partial charge in [0.05, 0.1) is 10.6 Å². The lowest BCUT2D eigenvalue weighted by Crippen LogP contribution is -2.47. The highest BCUT2D eigenvalue weighted by molar-refractivity contribution is 6.36. The van der Waals surface area contributed by atoms with E-state index in [1.165, 1.54) is 6.21 Å². The van der Waals surface area contributed by atoms with Gasteiger partial charge in [-0.3, -0.25) is 4.79 Å². The Morgan fingerprint density at radius 2 is 2.11 bits per heavy atom. The Balaban J connectivity index is 2.34. The maximum atomic E-state index is 12.3. The molecule has 1 aromatic rings. The molecule has 0 heterocycles. The second-order valence-electron chi connectivity index (χ2n) is 5.02. The minimum absolute atomic E-state index is 0.00455. The minimum atomic E-state index is -0.971. The van der Waals surface area contributed by atoms with Gasteiger partial charge in [0, 0.05) is 24.8 Å². The van der Waals surface area contributed by atoms with Crippen LogP contribution in [-0.4, -0.2) is 22.3 Å². The molecule has 1 aliphatic carbocycles. The van der Waals surface area contributed by atoms with Crippen molar-refractivity contribution in [3.05, 3.63) is 39.0 Å². The highest BCUT2D eigenvalue weighted by Gasteiger charge is 2.42. The van der Waals surface area contributed by atoms with Gasteiger partial charge in [-0.2, -0.15) is 4.74 Å². The topological polar surface area (TPSA) is 43.1 Å². The first-order valence-corrected chi connectivity index (χ1v) is 6.99. The minimum Gasteiger partial charge on any atom is -0.623 e. The van der Waals surface area contributed by atoms with Crippen LogP contribution < -0.4 is 0 Å². The van der Waals surface area contributed by atoms with Crippen molar-refractivity contribution in [1.82, 2.24) is 0 Å². The number of hydrogen-bond acceptors (Lipinski definition) is 2. The van der Waals surface area contributed by atoms with Crippen LogP contribution in [0.2, 0.25) is 10.0 Å². The maximum absolute atomic E-state index is 12.3. The molecule has 0 aliphatic heterocycles. The summed E-state index contributed by atoms with van der Waals surface area (Å²) in [4.78, 5) is 12.0. The first-order valence-electron chi connectivity index (χ1n) is 6.23. The smallest absolute Gasteiger partial charge is 0.227 e. The van der Waals surface area contributed by atoms with Crippen LogP contribution in [0.15, 0.2) is 18.2 Å². The van der Waals surface area contributed by atoms with Crippen molar-refractivity contribution in [2.45, 2.75) is 38.1 Å². The van der Waals surface area contributed by atoms with E-state index in [-0.39, 0.29) is 5.78 Å². The van der Waals surface area contributed by atoms with E-state index in [1.54, 1.807) is 25.1 Å². The predicted octanol–water partition coefficient (Wildman–Crippen LogP) is 3.82. The van der Waals surface area contributed by atoms with E-state index in [9.17, 15) is 10.0 Å². The molecule has 5 heteroatoms. The molecule has 1 aromatic carbocycles. The van der Waals surface area contributed by atoms with Crippen molar-refractivity contribution < 1.29 is 9.53 Å². The van der Waals surface area contributed by atoms with E-state index >= 15 is 0 Å². The lowest BCUT2D eigenvalue weighted by Gasteiger charge is -2.30. The van der Waals surface area contributed by atoms with Crippen LogP contribution in [0, 0.1) is 5.21 Å². The summed E-state index contributed by atoms with van der Waals surface area (Å²) in [5.41, 5.74) is -0.401. The van der Waals surface area contributed by atoms with Gasteiger partial charge in [-0.1, -0.05) is 23.2 Å². The summed E-state index contributed by atoms with van der Waals surface area (Å²) in [5.74, 6) is -0.00455. The van der Waals surface area contributed by atoms with E-state index in [2.05, 4.69) is 0 Å². The fourth-order valence-corrected chi connectivity index (χ4v) is 2.73. The maximum Gasteiger partial charge on any atom is 0.227 e. The van der Waals surface area contributed by atoms with Gasteiger partial charge in [0.1, 0.15) is 0 Å². The normalized spacial score (nSPS) is 24.6. The van der Waals surface area contributed by atoms with Crippen molar-refractivity contribution in [3.63, 3.8) is 0 Å². The number of benzene rings is 1. The molecule has 0 saturated heterocycles. The standard InChI is InChI=1S/C14H15Cl2NO2/c1-14(7-3-2-4-13(14)18)17(19)9-10-5-6-11(15)8-12(10)16/h5-6,8-9H,2-4,7H2,1H3/b17-9-/t14-/m1/s1. The molecule has 0 unspecified atom stereocenters. The van der Waals surface area contributed by atoms with Gasteiger partial charge in [-0.05, 0) is 31.0 Å². The molecule has 2 rings (SSSR count). The zero-order valence-electron chi connectivity index (χ0n) is 10.7. The van der Waals surface area contributed by atoms with Crippen molar-refractivity contribution in [1.29, 1.82) is 0 Å². The second-order valence-corrected chi connectivity index (χ2v) is 5.87. The van der Waals surface area contributed by atoms with E-state index < -0.39 is 5.54 Å². The van der Waals surface area contributed by atoms with Crippen molar-refractivity contribution in [2.75, 3.05) is 0 Å².